The molecule has 2 aromatic carbocycles. The molecular weight excluding hydrogens is 456 g/mol. The maximum Gasteiger partial charge on any atom is 0.270 e. The van der Waals surface area contributed by atoms with Crippen LogP contribution >= 0.6 is 11.6 Å². The molecule has 2 aromatic rings. The van der Waals surface area contributed by atoms with Crippen molar-refractivity contribution in [3.05, 3.63) is 68.7 Å². The predicted molar refractivity (Wildman–Crippen MR) is 134 cm³/mol. The van der Waals surface area contributed by atoms with Gasteiger partial charge < -0.3 is 4.90 Å². The van der Waals surface area contributed by atoms with Crippen molar-refractivity contribution in [1.29, 1.82) is 0 Å². The fourth-order valence-electron chi connectivity index (χ4n) is 4.27. The summed E-state index contributed by atoms with van der Waals surface area (Å²) in [6.07, 6.45) is 1.98. The third-order valence-electron chi connectivity index (χ3n) is 5.79. The number of hydrazone groups is 1. The topological polar surface area (TPSA) is 94.7 Å². The minimum atomic E-state index is -0.441. The van der Waals surface area contributed by atoms with Crippen LogP contribution in [0.25, 0.3) is 0 Å². The molecule has 0 radical (unpaired) electrons. The van der Waals surface area contributed by atoms with E-state index >= 15 is 0 Å². The second kappa shape index (κ2) is 10.3. The summed E-state index contributed by atoms with van der Waals surface area (Å²) in [6.45, 7) is 6.71. The van der Waals surface area contributed by atoms with E-state index in [4.69, 9.17) is 16.6 Å². The number of amides is 1. The van der Waals surface area contributed by atoms with E-state index in [-0.39, 0.29) is 24.7 Å². The molecule has 0 unspecified atom stereocenters. The number of hydrogen-bond acceptors (Lipinski definition) is 7. The van der Waals surface area contributed by atoms with E-state index < -0.39 is 4.92 Å². The average molecular weight is 483 g/mol. The number of nitro groups is 1. The van der Waals surface area contributed by atoms with Gasteiger partial charge in [0.1, 0.15) is 6.54 Å². The molecule has 0 saturated carbocycles. The third kappa shape index (κ3) is 4.80. The Morgan fingerprint density at radius 3 is 2.53 bits per heavy atom. The van der Waals surface area contributed by atoms with Crippen molar-refractivity contribution in [3.8, 4) is 0 Å². The van der Waals surface area contributed by atoms with Gasteiger partial charge in [-0.1, -0.05) is 43.6 Å². The van der Waals surface area contributed by atoms with E-state index in [0.717, 1.165) is 25.9 Å². The van der Waals surface area contributed by atoms with E-state index in [2.05, 4.69) is 23.8 Å². The standard InChI is InChI=1S/C24H27ClN6O3/c1-3-11-28(12-4-2)16-30-23(32)15-29-21-10-9-17(31(33)34)13-19(21)24(26-14-22(29)27-30)18-7-5-6-8-20(18)25/h5-10,13H,3-4,11-12,14-16H2,1-2H3. The van der Waals surface area contributed by atoms with Crippen LogP contribution in [0, 0.1) is 10.1 Å². The van der Waals surface area contributed by atoms with Crippen LogP contribution in [0.5, 0.6) is 0 Å². The van der Waals surface area contributed by atoms with Gasteiger partial charge in [0.15, 0.2) is 5.84 Å². The molecule has 2 heterocycles. The number of amidine groups is 1. The fraction of sp³-hybridized carbons (Fsp3) is 0.375. The number of anilines is 1. The zero-order valence-electron chi connectivity index (χ0n) is 19.3. The molecule has 0 atom stereocenters. The van der Waals surface area contributed by atoms with Gasteiger partial charge in [-0.2, -0.15) is 5.10 Å². The van der Waals surface area contributed by atoms with Crippen molar-refractivity contribution >= 4 is 40.4 Å². The molecule has 0 fully saturated rings. The minimum absolute atomic E-state index is 0.0568. The summed E-state index contributed by atoms with van der Waals surface area (Å²) in [6, 6.07) is 11.8. The second-order valence-electron chi connectivity index (χ2n) is 8.26. The molecule has 34 heavy (non-hydrogen) atoms. The lowest BCUT2D eigenvalue weighted by Gasteiger charge is -2.35. The van der Waals surface area contributed by atoms with Crippen LogP contribution < -0.4 is 4.90 Å². The lowest BCUT2D eigenvalue weighted by atomic mass is 9.99. The molecule has 0 aromatic heterocycles. The Hall–Kier alpha value is -3.30. The number of benzene rings is 2. The Balaban J connectivity index is 1.78. The quantitative estimate of drug-likeness (QED) is 0.416. The number of carbonyl (C=O) groups excluding carboxylic acids is 1. The molecule has 0 N–H and O–H groups in total. The lowest BCUT2D eigenvalue weighted by molar-refractivity contribution is -0.384. The summed E-state index contributed by atoms with van der Waals surface area (Å²) in [5, 5.41) is 18.2. The van der Waals surface area contributed by atoms with E-state index in [1.54, 1.807) is 17.0 Å². The zero-order chi connectivity index (χ0) is 24.2. The van der Waals surface area contributed by atoms with Crippen molar-refractivity contribution in [2.24, 2.45) is 10.1 Å². The molecule has 0 bridgehead atoms. The van der Waals surface area contributed by atoms with Crippen molar-refractivity contribution in [2.75, 3.05) is 37.7 Å². The zero-order valence-corrected chi connectivity index (χ0v) is 20.0. The molecule has 2 aliphatic heterocycles. The summed E-state index contributed by atoms with van der Waals surface area (Å²) in [5.74, 6) is 0.483. The number of halogens is 1. The van der Waals surface area contributed by atoms with Gasteiger partial charge in [-0.05, 0) is 38.1 Å². The third-order valence-corrected chi connectivity index (χ3v) is 6.12. The summed E-state index contributed by atoms with van der Waals surface area (Å²) >= 11 is 6.47. The van der Waals surface area contributed by atoms with Gasteiger partial charge >= 0.3 is 0 Å². The van der Waals surface area contributed by atoms with Crippen LogP contribution in [0.1, 0.15) is 37.8 Å². The molecular formula is C24H27ClN6O3. The number of nitro benzene ring substituents is 1. The molecule has 9 nitrogen and oxygen atoms in total. The first-order valence-corrected chi connectivity index (χ1v) is 11.8. The SMILES string of the molecule is CCCN(CCC)CN1N=C2CN=C(c3ccccc3Cl)c3cc([N+](=O)[O-])ccc3N2CC1=O. The maximum atomic E-state index is 13.1. The van der Waals surface area contributed by atoms with Crippen LogP contribution in [0.15, 0.2) is 52.6 Å². The Labute approximate surface area is 203 Å². The Morgan fingerprint density at radius 1 is 1.12 bits per heavy atom. The molecule has 2 aliphatic rings. The average Bonchev–Trinajstić information content (AvgIpc) is 2.96. The van der Waals surface area contributed by atoms with Gasteiger partial charge in [-0.15, -0.1) is 0 Å². The number of nitrogens with zero attached hydrogens (tertiary/aromatic N) is 6. The van der Waals surface area contributed by atoms with Crippen LogP contribution in [-0.4, -0.2) is 65.1 Å². The summed E-state index contributed by atoms with van der Waals surface area (Å²) in [7, 11) is 0. The van der Waals surface area contributed by atoms with Crippen molar-refractivity contribution < 1.29 is 9.72 Å². The first-order chi connectivity index (χ1) is 16.4. The van der Waals surface area contributed by atoms with Crippen LogP contribution in [0.3, 0.4) is 0 Å². The highest BCUT2D eigenvalue weighted by Gasteiger charge is 2.33. The van der Waals surface area contributed by atoms with Crippen LogP contribution in [-0.2, 0) is 4.79 Å². The highest BCUT2D eigenvalue weighted by atomic mass is 35.5. The molecule has 4 rings (SSSR count). The Kier molecular flexibility index (Phi) is 7.23. The predicted octanol–water partition coefficient (Wildman–Crippen LogP) is 4.14. The summed E-state index contributed by atoms with van der Waals surface area (Å²) in [4.78, 5) is 32.9. The van der Waals surface area contributed by atoms with Gasteiger partial charge in [-0.25, -0.2) is 5.01 Å². The number of hydrogen-bond donors (Lipinski definition) is 0. The van der Waals surface area contributed by atoms with Crippen molar-refractivity contribution in [2.45, 2.75) is 26.7 Å². The van der Waals surface area contributed by atoms with Gasteiger partial charge in [0.2, 0.25) is 0 Å². The largest absolute Gasteiger partial charge is 0.317 e. The number of fused-ring (bicyclic) bond motifs is 3. The second-order valence-corrected chi connectivity index (χ2v) is 8.67. The Morgan fingerprint density at radius 2 is 1.85 bits per heavy atom. The van der Waals surface area contributed by atoms with E-state index in [1.807, 2.05) is 18.2 Å². The fourth-order valence-corrected chi connectivity index (χ4v) is 4.49. The number of non-ortho nitro benzene ring substituents is 1. The van der Waals surface area contributed by atoms with Gasteiger partial charge in [0.25, 0.3) is 11.6 Å². The van der Waals surface area contributed by atoms with Crippen molar-refractivity contribution in [3.63, 3.8) is 0 Å². The highest BCUT2D eigenvalue weighted by molar-refractivity contribution is 6.36. The van der Waals surface area contributed by atoms with Crippen LogP contribution in [0.4, 0.5) is 11.4 Å². The van der Waals surface area contributed by atoms with Crippen LogP contribution in [0.2, 0.25) is 5.02 Å². The first kappa shape index (κ1) is 23.8. The smallest absolute Gasteiger partial charge is 0.270 e. The summed E-state index contributed by atoms with van der Waals surface area (Å²) in [5.41, 5.74) is 2.35. The first-order valence-electron chi connectivity index (χ1n) is 11.4. The minimum Gasteiger partial charge on any atom is -0.317 e. The Bertz CT molecular complexity index is 1160. The lowest BCUT2D eigenvalue weighted by Crippen LogP contribution is -2.51. The van der Waals surface area contributed by atoms with Gasteiger partial charge in [-0.3, -0.25) is 24.8 Å². The van der Waals surface area contributed by atoms with Crippen molar-refractivity contribution in [1.82, 2.24) is 9.91 Å². The molecule has 178 valence electrons. The molecule has 1 amide bonds. The molecule has 0 aliphatic carbocycles. The van der Waals surface area contributed by atoms with Gasteiger partial charge in [0.05, 0.1) is 29.5 Å². The normalized spacial score (nSPS) is 15.5. The monoisotopic (exact) mass is 482 g/mol. The van der Waals surface area contributed by atoms with E-state index in [1.165, 1.54) is 17.1 Å². The number of rotatable bonds is 8. The molecule has 10 heteroatoms. The van der Waals surface area contributed by atoms with E-state index in [0.29, 0.717) is 40.1 Å². The molecule has 0 saturated heterocycles. The maximum absolute atomic E-state index is 13.1. The number of carbonyl (C=O) groups is 1. The highest BCUT2D eigenvalue weighted by Crippen LogP contribution is 2.33. The number of aliphatic imine (C=N–C) groups is 1. The summed E-state index contributed by atoms with van der Waals surface area (Å²) < 4.78 is 0. The van der Waals surface area contributed by atoms with E-state index in [9.17, 15) is 14.9 Å². The van der Waals surface area contributed by atoms with Gasteiger partial charge in [0, 0.05) is 28.3 Å². The molecule has 0 spiro atoms.